The molecular formula is C11H16ClN3O3S. The van der Waals surface area contributed by atoms with E-state index in [1.165, 1.54) is 23.1 Å². The summed E-state index contributed by atoms with van der Waals surface area (Å²) in [5.41, 5.74) is 5.74. The van der Waals surface area contributed by atoms with Crippen molar-refractivity contribution in [3.63, 3.8) is 0 Å². The second-order valence-electron chi connectivity index (χ2n) is 4.12. The molecule has 0 saturated carbocycles. The van der Waals surface area contributed by atoms with Gasteiger partial charge in [-0.05, 0) is 18.2 Å². The van der Waals surface area contributed by atoms with Gasteiger partial charge in [-0.1, -0.05) is 11.6 Å². The number of hydrogen-bond acceptors (Lipinski definition) is 4. The summed E-state index contributed by atoms with van der Waals surface area (Å²) in [4.78, 5) is 12.7. The van der Waals surface area contributed by atoms with Gasteiger partial charge in [0.2, 0.25) is 15.9 Å². The Morgan fingerprint density at radius 1 is 1.42 bits per heavy atom. The highest BCUT2D eigenvalue weighted by molar-refractivity contribution is 7.89. The minimum atomic E-state index is -3.68. The first-order valence-electron chi connectivity index (χ1n) is 5.49. The van der Waals surface area contributed by atoms with Crippen LogP contribution in [0.2, 0.25) is 5.02 Å². The number of anilines is 1. The molecule has 106 valence electrons. The summed E-state index contributed by atoms with van der Waals surface area (Å²) in [5.74, 6) is -0.154. The van der Waals surface area contributed by atoms with Gasteiger partial charge in [-0.3, -0.25) is 4.79 Å². The van der Waals surface area contributed by atoms with E-state index in [9.17, 15) is 13.2 Å². The van der Waals surface area contributed by atoms with E-state index in [0.717, 1.165) is 0 Å². The summed E-state index contributed by atoms with van der Waals surface area (Å²) in [6.07, 6.45) is 0.0926. The van der Waals surface area contributed by atoms with Crippen LogP contribution in [-0.4, -0.2) is 39.9 Å². The van der Waals surface area contributed by atoms with Crippen molar-refractivity contribution in [3.8, 4) is 0 Å². The van der Waals surface area contributed by atoms with E-state index in [4.69, 9.17) is 17.3 Å². The van der Waals surface area contributed by atoms with Crippen molar-refractivity contribution in [2.24, 2.45) is 0 Å². The van der Waals surface area contributed by atoms with Gasteiger partial charge in [-0.25, -0.2) is 13.1 Å². The molecule has 0 aliphatic rings. The molecule has 0 aromatic heterocycles. The van der Waals surface area contributed by atoms with Crippen LogP contribution in [0.15, 0.2) is 23.1 Å². The molecule has 1 aromatic rings. The Bertz CT molecular complexity index is 573. The first-order chi connectivity index (χ1) is 8.74. The SMILES string of the molecule is CN(C)C(=O)CCNS(=O)(=O)c1ccc(Cl)c(N)c1. The molecule has 6 nitrogen and oxygen atoms in total. The molecule has 0 saturated heterocycles. The lowest BCUT2D eigenvalue weighted by molar-refractivity contribution is -0.128. The van der Waals surface area contributed by atoms with E-state index in [1.54, 1.807) is 14.1 Å². The van der Waals surface area contributed by atoms with Crippen LogP contribution in [0.5, 0.6) is 0 Å². The third-order valence-corrected chi connectivity index (χ3v) is 4.21. The molecule has 3 N–H and O–H groups in total. The van der Waals surface area contributed by atoms with Crippen molar-refractivity contribution >= 4 is 33.2 Å². The number of hydrogen-bond donors (Lipinski definition) is 2. The Hall–Kier alpha value is -1.31. The van der Waals surface area contributed by atoms with Crippen LogP contribution in [0, 0.1) is 0 Å². The molecule has 0 aliphatic heterocycles. The van der Waals surface area contributed by atoms with Crippen molar-refractivity contribution in [1.82, 2.24) is 9.62 Å². The van der Waals surface area contributed by atoms with Gasteiger partial charge in [0, 0.05) is 27.1 Å². The minimum Gasteiger partial charge on any atom is -0.397 e. The van der Waals surface area contributed by atoms with Gasteiger partial charge in [-0.15, -0.1) is 0 Å². The first kappa shape index (κ1) is 15.7. The molecule has 1 rings (SSSR count). The standard InChI is InChI=1S/C11H16ClN3O3S/c1-15(2)11(16)5-6-14-19(17,18)8-3-4-9(12)10(13)7-8/h3-4,7,14H,5-6,13H2,1-2H3. The molecule has 19 heavy (non-hydrogen) atoms. The van der Waals surface area contributed by atoms with E-state index in [-0.39, 0.29) is 29.5 Å². The van der Waals surface area contributed by atoms with Crippen LogP contribution >= 0.6 is 11.6 Å². The smallest absolute Gasteiger partial charge is 0.240 e. The normalized spacial score (nSPS) is 11.3. The Morgan fingerprint density at radius 2 is 2.05 bits per heavy atom. The van der Waals surface area contributed by atoms with Crippen molar-refractivity contribution < 1.29 is 13.2 Å². The van der Waals surface area contributed by atoms with E-state index in [1.807, 2.05) is 0 Å². The predicted octanol–water partition coefficient (Wildman–Crippen LogP) is 0.679. The second-order valence-corrected chi connectivity index (χ2v) is 6.29. The highest BCUT2D eigenvalue weighted by atomic mass is 35.5. The van der Waals surface area contributed by atoms with Gasteiger partial charge in [0.25, 0.3) is 0 Å². The Balaban J connectivity index is 2.71. The topological polar surface area (TPSA) is 92.5 Å². The average Bonchev–Trinajstić information content (AvgIpc) is 2.32. The largest absolute Gasteiger partial charge is 0.397 e. The molecule has 0 bridgehead atoms. The highest BCUT2D eigenvalue weighted by Gasteiger charge is 2.15. The monoisotopic (exact) mass is 305 g/mol. The maximum absolute atomic E-state index is 11.9. The zero-order valence-electron chi connectivity index (χ0n) is 10.7. The molecule has 0 radical (unpaired) electrons. The van der Waals surface area contributed by atoms with Gasteiger partial charge >= 0.3 is 0 Å². The molecule has 0 fully saturated rings. The fourth-order valence-corrected chi connectivity index (χ4v) is 2.47. The lowest BCUT2D eigenvalue weighted by atomic mass is 10.3. The van der Waals surface area contributed by atoms with Crippen molar-refractivity contribution in [3.05, 3.63) is 23.2 Å². The highest BCUT2D eigenvalue weighted by Crippen LogP contribution is 2.21. The summed E-state index contributed by atoms with van der Waals surface area (Å²) in [6.45, 7) is 0.0296. The maximum atomic E-state index is 11.9. The maximum Gasteiger partial charge on any atom is 0.240 e. The summed E-state index contributed by atoms with van der Waals surface area (Å²) in [7, 11) is -0.465. The van der Waals surface area contributed by atoms with E-state index >= 15 is 0 Å². The van der Waals surface area contributed by atoms with Gasteiger partial charge in [0.15, 0.2) is 0 Å². The summed E-state index contributed by atoms with van der Waals surface area (Å²) < 4.78 is 26.2. The van der Waals surface area contributed by atoms with Gasteiger partial charge in [0.05, 0.1) is 15.6 Å². The molecule has 0 spiro atoms. The number of nitrogens with one attached hydrogen (secondary N) is 1. The fraction of sp³-hybridized carbons (Fsp3) is 0.364. The number of nitrogens with zero attached hydrogens (tertiary/aromatic N) is 1. The quantitative estimate of drug-likeness (QED) is 0.782. The Kier molecular flexibility index (Phi) is 5.16. The Labute approximate surface area is 117 Å². The third kappa shape index (κ3) is 4.38. The van der Waals surface area contributed by atoms with Crippen LogP contribution in [0.25, 0.3) is 0 Å². The van der Waals surface area contributed by atoms with E-state index in [0.29, 0.717) is 5.02 Å². The molecule has 0 atom stereocenters. The van der Waals surface area contributed by atoms with Crippen molar-refractivity contribution in [1.29, 1.82) is 0 Å². The minimum absolute atomic E-state index is 0.0201. The molecule has 0 aliphatic carbocycles. The molecule has 8 heteroatoms. The van der Waals surface area contributed by atoms with Crippen molar-refractivity contribution in [2.45, 2.75) is 11.3 Å². The number of carbonyl (C=O) groups excluding carboxylic acids is 1. The number of carbonyl (C=O) groups is 1. The molecular weight excluding hydrogens is 290 g/mol. The first-order valence-corrected chi connectivity index (χ1v) is 7.35. The summed E-state index contributed by atoms with van der Waals surface area (Å²) >= 11 is 5.72. The molecule has 0 heterocycles. The molecule has 1 amide bonds. The second kappa shape index (κ2) is 6.23. The lowest BCUT2D eigenvalue weighted by Crippen LogP contribution is -2.30. The van der Waals surface area contributed by atoms with Gasteiger partial charge < -0.3 is 10.6 Å². The van der Waals surface area contributed by atoms with Gasteiger partial charge in [0.1, 0.15) is 0 Å². The summed E-state index contributed by atoms with van der Waals surface area (Å²) in [5, 5.41) is 0.293. The van der Waals surface area contributed by atoms with Gasteiger partial charge in [-0.2, -0.15) is 0 Å². The van der Waals surface area contributed by atoms with Crippen LogP contribution < -0.4 is 10.5 Å². The number of halogens is 1. The Morgan fingerprint density at radius 3 is 2.58 bits per heavy atom. The fourth-order valence-electron chi connectivity index (χ4n) is 1.29. The van der Waals surface area contributed by atoms with E-state index < -0.39 is 10.0 Å². The number of amides is 1. The van der Waals surface area contributed by atoms with Crippen LogP contribution in [0.4, 0.5) is 5.69 Å². The number of nitrogen functional groups attached to an aromatic ring is 1. The van der Waals surface area contributed by atoms with E-state index in [2.05, 4.69) is 4.72 Å². The number of benzene rings is 1. The van der Waals surface area contributed by atoms with Crippen LogP contribution in [-0.2, 0) is 14.8 Å². The summed E-state index contributed by atoms with van der Waals surface area (Å²) in [6, 6.07) is 4.05. The molecule has 1 aromatic carbocycles. The van der Waals surface area contributed by atoms with Crippen molar-refractivity contribution in [2.75, 3.05) is 26.4 Å². The lowest BCUT2D eigenvalue weighted by Gasteiger charge is -2.11. The zero-order chi connectivity index (χ0) is 14.6. The predicted molar refractivity (Wildman–Crippen MR) is 74.4 cm³/mol. The number of rotatable bonds is 5. The van der Waals surface area contributed by atoms with Crippen LogP contribution in [0.1, 0.15) is 6.42 Å². The average molecular weight is 306 g/mol. The zero-order valence-corrected chi connectivity index (χ0v) is 12.3. The van der Waals surface area contributed by atoms with Crippen LogP contribution in [0.3, 0.4) is 0 Å². The number of nitrogens with two attached hydrogens (primary N) is 1. The number of sulfonamides is 1. The molecule has 0 unspecified atom stereocenters. The third-order valence-electron chi connectivity index (χ3n) is 2.41.